The Labute approximate surface area is 177 Å². The number of halogens is 2. The summed E-state index contributed by atoms with van der Waals surface area (Å²) in [6.07, 6.45) is 0. The summed E-state index contributed by atoms with van der Waals surface area (Å²) in [5, 5.41) is 17.9. The largest absolute Gasteiger partial charge is 0.494 e. The van der Waals surface area contributed by atoms with Crippen LogP contribution in [0.1, 0.15) is 24.0 Å². The highest BCUT2D eigenvalue weighted by atomic mass is 35.5. The summed E-state index contributed by atoms with van der Waals surface area (Å²) in [5.74, 6) is 0.465. The fourth-order valence-corrected chi connectivity index (χ4v) is 3.73. The molecule has 8 heteroatoms. The van der Waals surface area contributed by atoms with E-state index in [0.29, 0.717) is 39.5 Å². The Morgan fingerprint density at radius 3 is 2.76 bits per heavy atom. The number of nitrogens with one attached hydrogen (secondary N) is 1. The quantitative estimate of drug-likeness (QED) is 0.611. The van der Waals surface area contributed by atoms with Crippen LogP contribution in [0.15, 0.2) is 53.9 Å². The molecule has 4 rings (SSSR count). The Balaban J connectivity index is 1.96. The number of nitriles is 1. The highest BCUT2D eigenvalue weighted by molar-refractivity contribution is 6.42. The first-order chi connectivity index (χ1) is 14.0. The number of hydrogen-bond acceptors (Lipinski definition) is 5. The lowest BCUT2D eigenvalue weighted by atomic mass is 9.82. The fourth-order valence-electron chi connectivity index (χ4n) is 3.43. The van der Waals surface area contributed by atoms with Gasteiger partial charge < -0.3 is 15.2 Å². The Morgan fingerprint density at radius 2 is 2.03 bits per heavy atom. The van der Waals surface area contributed by atoms with Crippen molar-refractivity contribution in [2.45, 2.75) is 12.8 Å². The van der Waals surface area contributed by atoms with E-state index in [1.54, 1.807) is 12.1 Å². The van der Waals surface area contributed by atoms with Gasteiger partial charge in [-0.3, -0.25) is 5.10 Å². The van der Waals surface area contributed by atoms with Gasteiger partial charge in [-0.1, -0.05) is 47.5 Å². The number of benzene rings is 2. The Hall–Kier alpha value is -3.14. The van der Waals surface area contributed by atoms with Crippen molar-refractivity contribution in [2.75, 3.05) is 6.61 Å². The van der Waals surface area contributed by atoms with Gasteiger partial charge in [0, 0.05) is 11.1 Å². The van der Waals surface area contributed by atoms with Crippen LogP contribution in [0.5, 0.6) is 11.6 Å². The molecule has 0 aliphatic carbocycles. The topological polar surface area (TPSA) is 96.9 Å². The van der Waals surface area contributed by atoms with Crippen LogP contribution >= 0.6 is 23.2 Å². The molecule has 1 atom stereocenters. The molecule has 0 saturated heterocycles. The van der Waals surface area contributed by atoms with Crippen LogP contribution in [0.4, 0.5) is 0 Å². The summed E-state index contributed by atoms with van der Waals surface area (Å²) in [7, 11) is 0. The van der Waals surface area contributed by atoms with Crippen LogP contribution in [-0.2, 0) is 0 Å². The van der Waals surface area contributed by atoms with Crippen molar-refractivity contribution in [2.24, 2.45) is 5.73 Å². The molecule has 1 aliphatic rings. The number of fused-ring (bicyclic) bond motifs is 1. The molecule has 0 bridgehead atoms. The van der Waals surface area contributed by atoms with E-state index in [0.717, 1.165) is 11.1 Å². The molecule has 1 aromatic heterocycles. The van der Waals surface area contributed by atoms with E-state index in [-0.39, 0.29) is 11.5 Å². The van der Waals surface area contributed by atoms with Gasteiger partial charge in [-0.2, -0.15) is 5.26 Å². The maximum absolute atomic E-state index is 9.84. The number of aromatic amines is 1. The number of aromatic nitrogens is 2. The Bertz CT molecular complexity index is 1160. The molecular weight excluding hydrogens is 411 g/mol. The third-order valence-corrected chi connectivity index (χ3v) is 5.42. The van der Waals surface area contributed by atoms with Crippen molar-refractivity contribution in [3.63, 3.8) is 0 Å². The van der Waals surface area contributed by atoms with Crippen LogP contribution in [0.2, 0.25) is 10.0 Å². The lowest BCUT2D eigenvalue weighted by molar-refractivity contribution is 0.334. The molecule has 0 spiro atoms. The summed E-state index contributed by atoms with van der Waals surface area (Å²) < 4.78 is 11.4. The normalized spacial score (nSPS) is 15.4. The molecule has 2 aromatic carbocycles. The SMILES string of the molecule is CCOc1ccccc1C1C(C#N)=C(N)Oc2n[nH]c(-c3ccc(Cl)c(Cl)c3)c21. The summed E-state index contributed by atoms with van der Waals surface area (Å²) in [6, 6.07) is 15.0. The predicted molar refractivity (Wildman–Crippen MR) is 111 cm³/mol. The van der Waals surface area contributed by atoms with Gasteiger partial charge in [0.1, 0.15) is 17.4 Å². The highest BCUT2D eigenvalue weighted by Gasteiger charge is 2.37. The van der Waals surface area contributed by atoms with Gasteiger partial charge in [0.15, 0.2) is 0 Å². The average molecular weight is 427 g/mol. The molecule has 29 heavy (non-hydrogen) atoms. The number of nitrogens with two attached hydrogens (primary N) is 1. The molecule has 146 valence electrons. The number of hydrogen-bond donors (Lipinski definition) is 2. The fraction of sp³-hybridized carbons (Fsp3) is 0.143. The second-order valence-electron chi connectivity index (χ2n) is 6.34. The van der Waals surface area contributed by atoms with Crippen LogP contribution in [0.25, 0.3) is 11.3 Å². The lowest BCUT2D eigenvalue weighted by Gasteiger charge is -2.25. The number of rotatable bonds is 4. The van der Waals surface area contributed by atoms with Crippen molar-refractivity contribution in [1.82, 2.24) is 10.2 Å². The summed E-state index contributed by atoms with van der Waals surface area (Å²) in [5.41, 5.74) is 9.23. The van der Waals surface area contributed by atoms with Crippen molar-refractivity contribution < 1.29 is 9.47 Å². The van der Waals surface area contributed by atoms with Crippen molar-refractivity contribution >= 4 is 23.2 Å². The van der Waals surface area contributed by atoms with Crippen LogP contribution < -0.4 is 15.2 Å². The maximum Gasteiger partial charge on any atom is 0.244 e. The summed E-state index contributed by atoms with van der Waals surface area (Å²) in [4.78, 5) is 0. The van der Waals surface area contributed by atoms with Gasteiger partial charge in [-0.25, -0.2) is 0 Å². The number of allylic oxidation sites excluding steroid dienone is 1. The standard InChI is InChI=1S/C21H16Cl2N4O2/c1-2-28-16-6-4-3-5-12(16)17-13(10-24)20(25)29-21-18(17)19(26-27-21)11-7-8-14(22)15(23)9-11/h3-9,17H,2,25H2,1H3,(H,26,27). The minimum atomic E-state index is -0.519. The monoisotopic (exact) mass is 426 g/mol. The third kappa shape index (κ3) is 3.29. The first-order valence-electron chi connectivity index (χ1n) is 8.88. The molecule has 0 fully saturated rings. The minimum absolute atomic E-state index is 0.0171. The first kappa shape index (κ1) is 19.2. The van der Waals surface area contributed by atoms with Crippen molar-refractivity contribution in [3.05, 3.63) is 75.1 Å². The molecule has 3 N–H and O–H groups in total. The molecule has 1 unspecified atom stereocenters. The summed E-state index contributed by atoms with van der Waals surface area (Å²) in [6.45, 7) is 2.39. The van der Waals surface area contributed by atoms with Crippen LogP contribution in [0, 0.1) is 11.3 Å². The van der Waals surface area contributed by atoms with E-state index >= 15 is 0 Å². The first-order valence-corrected chi connectivity index (χ1v) is 9.63. The molecule has 2 heterocycles. The minimum Gasteiger partial charge on any atom is -0.494 e. The molecule has 3 aromatic rings. The molecule has 0 amide bonds. The zero-order valence-corrected chi connectivity index (χ0v) is 16.9. The van der Waals surface area contributed by atoms with E-state index in [2.05, 4.69) is 16.3 Å². The number of para-hydroxylation sites is 1. The van der Waals surface area contributed by atoms with E-state index in [1.165, 1.54) is 0 Å². The van der Waals surface area contributed by atoms with Crippen molar-refractivity contribution in [3.8, 4) is 29.0 Å². The van der Waals surface area contributed by atoms with E-state index in [4.69, 9.17) is 38.4 Å². The molecular formula is C21H16Cl2N4O2. The van der Waals surface area contributed by atoms with E-state index < -0.39 is 5.92 Å². The van der Waals surface area contributed by atoms with E-state index in [1.807, 2.05) is 37.3 Å². The van der Waals surface area contributed by atoms with Crippen LogP contribution in [0.3, 0.4) is 0 Å². The van der Waals surface area contributed by atoms with Gasteiger partial charge in [-0.15, -0.1) is 5.10 Å². The molecule has 1 aliphatic heterocycles. The Kier molecular flexibility index (Phi) is 5.10. The zero-order valence-electron chi connectivity index (χ0n) is 15.4. The third-order valence-electron chi connectivity index (χ3n) is 4.68. The lowest BCUT2D eigenvalue weighted by Crippen LogP contribution is -2.21. The molecule has 6 nitrogen and oxygen atoms in total. The Morgan fingerprint density at radius 1 is 1.24 bits per heavy atom. The second-order valence-corrected chi connectivity index (χ2v) is 7.16. The second kappa shape index (κ2) is 7.70. The average Bonchev–Trinajstić information content (AvgIpc) is 3.13. The number of ether oxygens (including phenoxy) is 2. The van der Waals surface area contributed by atoms with Gasteiger partial charge in [-0.05, 0) is 25.1 Å². The smallest absolute Gasteiger partial charge is 0.244 e. The predicted octanol–water partition coefficient (Wildman–Crippen LogP) is 5.00. The number of H-pyrrole nitrogens is 1. The summed E-state index contributed by atoms with van der Waals surface area (Å²) >= 11 is 12.3. The molecule has 0 radical (unpaired) electrons. The van der Waals surface area contributed by atoms with Crippen molar-refractivity contribution in [1.29, 1.82) is 5.26 Å². The van der Waals surface area contributed by atoms with Gasteiger partial charge in [0.25, 0.3) is 0 Å². The highest BCUT2D eigenvalue weighted by Crippen LogP contribution is 2.48. The van der Waals surface area contributed by atoms with Crippen LogP contribution in [-0.4, -0.2) is 16.8 Å². The van der Waals surface area contributed by atoms with E-state index in [9.17, 15) is 5.26 Å². The number of nitrogens with zero attached hydrogens (tertiary/aromatic N) is 2. The van der Waals surface area contributed by atoms with Gasteiger partial charge in [0.05, 0.1) is 33.8 Å². The van der Waals surface area contributed by atoms with Gasteiger partial charge >= 0.3 is 0 Å². The molecule has 0 saturated carbocycles. The maximum atomic E-state index is 9.84. The zero-order chi connectivity index (χ0) is 20.5. The van der Waals surface area contributed by atoms with Gasteiger partial charge in [0.2, 0.25) is 11.8 Å².